The summed E-state index contributed by atoms with van der Waals surface area (Å²) < 4.78 is 0. The van der Waals surface area contributed by atoms with Gasteiger partial charge in [-0.15, -0.1) is 0 Å². The second-order valence-corrected chi connectivity index (χ2v) is 5.55. The molecule has 0 radical (unpaired) electrons. The quantitative estimate of drug-likeness (QED) is 0.756. The van der Waals surface area contributed by atoms with Gasteiger partial charge in [-0.05, 0) is 38.9 Å². The van der Waals surface area contributed by atoms with Crippen molar-refractivity contribution in [3.05, 3.63) is 35.9 Å². The van der Waals surface area contributed by atoms with Crippen molar-refractivity contribution in [1.82, 2.24) is 10.2 Å². The van der Waals surface area contributed by atoms with Gasteiger partial charge in [0.2, 0.25) is 0 Å². The Balaban J connectivity index is 2.52. The van der Waals surface area contributed by atoms with Gasteiger partial charge in [-0.2, -0.15) is 0 Å². The molecule has 3 heteroatoms. The highest BCUT2D eigenvalue weighted by atomic mass is 16.3. The summed E-state index contributed by atoms with van der Waals surface area (Å²) in [7, 11) is 4.14. The first-order chi connectivity index (χ1) is 9.04. The lowest BCUT2D eigenvalue weighted by molar-refractivity contribution is 0.156. The topological polar surface area (TPSA) is 35.5 Å². The van der Waals surface area contributed by atoms with Crippen molar-refractivity contribution in [2.24, 2.45) is 5.92 Å². The largest absolute Gasteiger partial charge is 0.393 e. The summed E-state index contributed by atoms with van der Waals surface area (Å²) in [5.74, 6) is 0.520. The standard InChI is InChI=1S/C16H28N2O/c1-13(12-18(4)11-10-14(2)19)16(17-3)15-8-6-5-7-9-15/h5-9,13-14,16-17,19H,10-12H2,1-4H3. The molecule has 1 aromatic rings. The van der Waals surface area contributed by atoms with E-state index in [0.717, 1.165) is 19.5 Å². The lowest BCUT2D eigenvalue weighted by Gasteiger charge is -2.28. The summed E-state index contributed by atoms with van der Waals surface area (Å²) in [5, 5.41) is 12.7. The van der Waals surface area contributed by atoms with E-state index in [0.29, 0.717) is 12.0 Å². The second kappa shape index (κ2) is 8.31. The molecular formula is C16H28N2O. The van der Waals surface area contributed by atoms with Crippen LogP contribution in [0.5, 0.6) is 0 Å². The minimum Gasteiger partial charge on any atom is -0.393 e. The molecule has 0 bridgehead atoms. The van der Waals surface area contributed by atoms with Crippen LogP contribution in [0.4, 0.5) is 0 Å². The van der Waals surface area contributed by atoms with E-state index >= 15 is 0 Å². The van der Waals surface area contributed by atoms with Crippen LogP contribution in [0.25, 0.3) is 0 Å². The van der Waals surface area contributed by atoms with Crippen LogP contribution in [-0.2, 0) is 0 Å². The Kier molecular flexibility index (Phi) is 7.06. The third kappa shape index (κ3) is 5.72. The van der Waals surface area contributed by atoms with E-state index in [2.05, 4.69) is 54.5 Å². The van der Waals surface area contributed by atoms with E-state index in [-0.39, 0.29) is 6.10 Å². The molecule has 0 aliphatic carbocycles. The number of hydrogen-bond donors (Lipinski definition) is 2. The Bertz CT molecular complexity index is 340. The van der Waals surface area contributed by atoms with E-state index in [1.54, 1.807) is 0 Å². The van der Waals surface area contributed by atoms with E-state index in [1.165, 1.54) is 5.56 Å². The summed E-state index contributed by atoms with van der Waals surface area (Å²) >= 11 is 0. The lowest BCUT2D eigenvalue weighted by Crippen LogP contribution is -2.33. The highest BCUT2D eigenvalue weighted by Gasteiger charge is 2.18. The SMILES string of the molecule is CNC(c1ccccc1)C(C)CN(C)CCC(C)O. The highest BCUT2D eigenvalue weighted by molar-refractivity contribution is 5.19. The van der Waals surface area contributed by atoms with Gasteiger partial charge in [-0.3, -0.25) is 0 Å². The smallest absolute Gasteiger partial charge is 0.0524 e. The maximum absolute atomic E-state index is 9.33. The molecule has 0 amide bonds. The van der Waals surface area contributed by atoms with Gasteiger partial charge in [0.25, 0.3) is 0 Å². The van der Waals surface area contributed by atoms with Gasteiger partial charge in [0.1, 0.15) is 0 Å². The van der Waals surface area contributed by atoms with Gasteiger partial charge in [0.05, 0.1) is 6.10 Å². The van der Waals surface area contributed by atoms with Gasteiger partial charge < -0.3 is 15.3 Å². The minimum absolute atomic E-state index is 0.216. The molecular weight excluding hydrogens is 236 g/mol. The van der Waals surface area contributed by atoms with E-state index < -0.39 is 0 Å². The maximum Gasteiger partial charge on any atom is 0.0524 e. The van der Waals surface area contributed by atoms with E-state index in [1.807, 2.05) is 14.0 Å². The molecule has 0 aliphatic rings. The predicted octanol–water partition coefficient (Wildman–Crippen LogP) is 2.29. The van der Waals surface area contributed by atoms with Crippen LogP contribution in [0.1, 0.15) is 31.9 Å². The molecule has 2 N–H and O–H groups in total. The molecule has 0 saturated carbocycles. The molecule has 0 aromatic heterocycles. The first-order valence-electron chi connectivity index (χ1n) is 7.13. The molecule has 0 fully saturated rings. The Labute approximate surface area is 117 Å². The Morgan fingerprint density at radius 1 is 1.21 bits per heavy atom. The van der Waals surface area contributed by atoms with Crippen molar-refractivity contribution >= 4 is 0 Å². The van der Waals surface area contributed by atoms with Gasteiger partial charge in [0.15, 0.2) is 0 Å². The van der Waals surface area contributed by atoms with Crippen LogP contribution < -0.4 is 5.32 Å². The molecule has 0 aliphatic heterocycles. The van der Waals surface area contributed by atoms with Gasteiger partial charge in [0, 0.05) is 19.1 Å². The van der Waals surface area contributed by atoms with Crippen molar-refractivity contribution in [3.8, 4) is 0 Å². The normalized spacial score (nSPS) is 16.3. The van der Waals surface area contributed by atoms with Gasteiger partial charge in [-0.25, -0.2) is 0 Å². The van der Waals surface area contributed by atoms with Crippen molar-refractivity contribution in [2.45, 2.75) is 32.4 Å². The summed E-state index contributed by atoms with van der Waals surface area (Å²) in [4.78, 5) is 2.30. The third-order valence-electron chi connectivity index (χ3n) is 3.57. The van der Waals surface area contributed by atoms with Gasteiger partial charge in [-0.1, -0.05) is 37.3 Å². The van der Waals surface area contributed by atoms with Crippen LogP contribution in [0.15, 0.2) is 30.3 Å². The zero-order chi connectivity index (χ0) is 14.3. The summed E-state index contributed by atoms with van der Waals surface area (Å²) in [5.41, 5.74) is 1.33. The number of nitrogens with zero attached hydrogens (tertiary/aromatic N) is 1. The number of nitrogens with one attached hydrogen (secondary N) is 1. The summed E-state index contributed by atoms with van der Waals surface area (Å²) in [6.45, 7) is 6.07. The number of benzene rings is 1. The van der Waals surface area contributed by atoms with E-state index in [4.69, 9.17) is 0 Å². The Morgan fingerprint density at radius 2 is 1.84 bits per heavy atom. The van der Waals surface area contributed by atoms with Crippen molar-refractivity contribution in [1.29, 1.82) is 0 Å². The number of aliphatic hydroxyl groups is 1. The Morgan fingerprint density at radius 3 is 2.37 bits per heavy atom. The monoisotopic (exact) mass is 264 g/mol. The molecule has 3 atom stereocenters. The Hall–Kier alpha value is -0.900. The predicted molar refractivity (Wildman–Crippen MR) is 81.2 cm³/mol. The molecule has 108 valence electrons. The summed E-state index contributed by atoms with van der Waals surface area (Å²) in [6, 6.07) is 10.9. The average molecular weight is 264 g/mol. The molecule has 0 spiro atoms. The van der Waals surface area contributed by atoms with Crippen molar-refractivity contribution in [2.75, 3.05) is 27.2 Å². The molecule has 1 rings (SSSR count). The first-order valence-corrected chi connectivity index (χ1v) is 7.13. The fraction of sp³-hybridized carbons (Fsp3) is 0.625. The molecule has 3 unspecified atom stereocenters. The first kappa shape index (κ1) is 16.2. The van der Waals surface area contributed by atoms with Crippen LogP contribution in [-0.4, -0.2) is 43.3 Å². The molecule has 19 heavy (non-hydrogen) atoms. The molecule has 0 saturated heterocycles. The maximum atomic E-state index is 9.33. The third-order valence-corrected chi connectivity index (χ3v) is 3.57. The van der Waals surface area contributed by atoms with Gasteiger partial charge >= 0.3 is 0 Å². The number of aliphatic hydroxyl groups excluding tert-OH is 1. The molecule has 3 nitrogen and oxygen atoms in total. The van der Waals surface area contributed by atoms with Crippen molar-refractivity contribution < 1.29 is 5.11 Å². The lowest BCUT2D eigenvalue weighted by atomic mass is 9.94. The second-order valence-electron chi connectivity index (χ2n) is 5.55. The number of hydrogen-bond acceptors (Lipinski definition) is 3. The highest BCUT2D eigenvalue weighted by Crippen LogP contribution is 2.22. The van der Waals surface area contributed by atoms with Crippen LogP contribution >= 0.6 is 0 Å². The molecule has 1 aromatic carbocycles. The van der Waals surface area contributed by atoms with Crippen molar-refractivity contribution in [3.63, 3.8) is 0 Å². The van der Waals surface area contributed by atoms with Crippen LogP contribution in [0, 0.1) is 5.92 Å². The number of rotatable bonds is 8. The van der Waals surface area contributed by atoms with Crippen LogP contribution in [0.3, 0.4) is 0 Å². The molecule has 0 heterocycles. The average Bonchev–Trinajstić information content (AvgIpc) is 2.38. The fourth-order valence-electron chi connectivity index (χ4n) is 2.54. The summed E-state index contributed by atoms with van der Waals surface area (Å²) in [6.07, 6.45) is 0.616. The minimum atomic E-state index is -0.216. The fourth-order valence-corrected chi connectivity index (χ4v) is 2.54. The van der Waals surface area contributed by atoms with Crippen LogP contribution in [0.2, 0.25) is 0 Å². The zero-order valence-electron chi connectivity index (χ0n) is 12.6. The zero-order valence-corrected chi connectivity index (χ0v) is 12.6. The van der Waals surface area contributed by atoms with E-state index in [9.17, 15) is 5.11 Å².